The Morgan fingerprint density at radius 3 is 2.78 bits per heavy atom. The van der Waals surface area contributed by atoms with Crippen molar-refractivity contribution in [2.75, 3.05) is 10.5 Å². The monoisotopic (exact) mass is 264 g/mol. The third-order valence-corrected chi connectivity index (χ3v) is 4.19. The van der Waals surface area contributed by atoms with Crippen LogP contribution >= 0.6 is 0 Å². The average molecular weight is 264 g/mol. The maximum Gasteiger partial charge on any atom is 0.232 e. The Labute approximate surface area is 107 Å². The summed E-state index contributed by atoms with van der Waals surface area (Å²) >= 11 is 0. The third kappa shape index (κ3) is 2.61. The normalized spacial score (nSPS) is 11.7. The molecule has 2 rings (SSSR count). The predicted molar refractivity (Wildman–Crippen MR) is 74.2 cm³/mol. The Bertz CT molecular complexity index is 666. The first kappa shape index (κ1) is 12.8. The molecule has 5 heteroatoms. The van der Waals surface area contributed by atoms with Crippen LogP contribution in [0.3, 0.4) is 0 Å². The molecule has 0 saturated carbocycles. The summed E-state index contributed by atoms with van der Waals surface area (Å²) in [6, 6.07) is 7.34. The van der Waals surface area contributed by atoms with Gasteiger partial charge in [-0.1, -0.05) is 13.0 Å². The molecule has 0 spiro atoms. The van der Waals surface area contributed by atoms with Crippen LogP contribution in [0.25, 0.3) is 10.9 Å². The number of sulfonamides is 1. The van der Waals surface area contributed by atoms with Crippen LogP contribution in [0.4, 0.5) is 5.69 Å². The van der Waals surface area contributed by atoms with Crippen molar-refractivity contribution in [1.82, 2.24) is 4.98 Å². The fourth-order valence-electron chi connectivity index (χ4n) is 1.89. The summed E-state index contributed by atoms with van der Waals surface area (Å²) in [4.78, 5) is 4.28. The highest BCUT2D eigenvalue weighted by Crippen LogP contribution is 2.25. The lowest BCUT2D eigenvalue weighted by atomic mass is 10.1. The molecule has 1 aromatic heterocycles. The van der Waals surface area contributed by atoms with Crippen molar-refractivity contribution < 1.29 is 8.42 Å². The molecule has 96 valence electrons. The number of nitrogens with one attached hydrogen (secondary N) is 1. The zero-order valence-corrected chi connectivity index (χ0v) is 11.3. The van der Waals surface area contributed by atoms with Gasteiger partial charge in [-0.15, -0.1) is 0 Å². The lowest BCUT2D eigenvalue weighted by Crippen LogP contribution is -2.16. The summed E-state index contributed by atoms with van der Waals surface area (Å²) in [5, 5.41) is 0.831. The van der Waals surface area contributed by atoms with E-state index in [1.807, 2.05) is 26.0 Å². The highest BCUT2D eigenvalue weighted by atomic mass is 32.2. The Balaban J connectivity index is 2.50. The van der Waals surface area contributed by atoms with E-state index in [0.29, 0.717) is 12.1 Å². The topological polar surface area (TPSA) is 59.1 Å². The molecular formula is C13H16N2O2S. The van der Waals surface area contributed by atoms with Gasteiger partial charge in [-0.05, 0) is 37.1 Å². The number of aryl methyl sites for hydroxylation is 1. The van der Waals surface area contributed by atoms with Crippen molar-refractivity contribution in [3.05, 3.63) is 36.0 Å². The second-order valence-corrected chi connectivity index (χ2v) is 6.09. The van der Waals surface area contributed by atoms with Crippen molar-refractivity contribution in [2.45, 2.75) is 20.3 Å². The smallest absolute Gasteiger partial charge is 0.232 e. The molecule has 0 saturated heterocycles. The average Bonchev–Trinajstić information content (AvgIpc) is 2.33. The Kier molecular flexibility index (Phi) is 3.52. The molecule has 0 unspecified atom stereocenters. The van der Waals surface area contributed by atoms with Gasteiger partial charge < -0.3 is 0 Å². The van der Waals surface area contributed by atoms with E-state index in [1.54, 1.807) is 18.3 Å². The molecule has 0 atom stereocenters. The Hall–Kier alpha value is -1.62. The van der Waals surface area contributed by atoms with E-state index in [-0.39, 0.29) is 5.75 Å². The van der Waals surface area contributed by atoms with Crippen LogP contribution in [-0.4, -0.2) is 19.2 Å². The van der Waals surface area contributed by atoms with Crippen molar-refractivity contribution in [2.24, 2.45) is 0 Å². The second-order valence-electron chi connectivity index (χ2n) is 4.25. The number of hydrogen-bond acceptors (Lipinski definition) is 3. The van der Waals surface area contributed by atoms with Gasteiger partial charge in [-0.3, -0.25) is 9.71 Å². The molecule has 1 aromatic carbocycles. The molecule has 0 aliphatic heterocycles. The number of hydrogen-bond donors (Lipinski definition) is 1. The molecule has 0 fully saturated rings. The summed E-state index contributed by atoms with van der Waals surface area (Å²) in [7, 11) is -3.27. The van der Waals surface area contributed by atoms with Gasteiger partial charge in [0, 0.05) is 11.6 Å². The van der Waals surface area contributed by atoms with Crippen LogP contribution in [0.5, 0.6) is 0 Å². The van der Waals surface area contributed by atoms with Crippen molar-refractivity contribution >= 4 is 26.6 Å². The van der Waals surface area contributed by atoms with Crippen molar-refractivity contribution in [3.8, 4) is 0 Å². The van der Waals surface area contributed by atoms with Crippen LogP contribution < -0.4 is 4.72 Å². The van der Waals surface area contributed by atoms with Crippen LogP contribution in [0.2, 0.25) is 0 Å². The molecule has 1 heterocycles. The zero-order chi connectivity index (χ0) is 13.2. The van der Waals surface area contributed by atoms with Gasteiger partial charge in [0.25, 0.3) is 0 Å². The number of pyridine rings is 1. The first-order valence-corrected chi connectivity index (χ1v) is 7.53. The van der Waals surface area contributed by atoms with Crippen LogP contribution in [0.1, 0.15) is 18.9 Å². The molecular weight excluding hydrogens is 248 g/mol. The van der Waals surface area contributed by atoms with Gasteiger partial charge in [0.05, 0.1) is 17.0 Å². The van der Waals surface area contributed by atoms with Crippen LogP contribution in [0, 0.1) is 6.92 Å². The molecule has 2 aromatic rings. The third-order valence-electron chi connectivity index (χ3n) is 2.71. The van der Waals surface area contributed by atoms with Crippen LogP contribution in [-0.2, 0) is 10.0 Å². The van der Waals surface area contributed by atoms with E-state index in [4.69, 9.17) is 0 Å². The van der Waals surface area contributed by atoms with E-state index in [1.165, 1.54) is 0 Å². The highest BCUT2D eigenvalue weighted by molar-refractivity contribution is 7.92. The number of nitrogens with zero attached hydrogens (tertiary/aromatic N) is 1. The zero-order valence-electron chi connectivity index (χ0n) is 10.5. The molecule has 4 nitrogen and oxygen atoms in total. The van der Waals surface area contributed by atoms with E-state index in [9.17, 15) is 8.42 Å². The molecule has 0 aliphatic carbocycles. The molecule has 0 amide bonds. The van der Waals surface area contributed by atoms with Crippen LogP contribution in [0.15, 0.2) is 30.5 Å². The van der Waals surface area contributed by atoms with E-state index in [0.717, 1.165) is 16.5 Å². The summed E-state index contributed by atoms with van der Waals surface area (Å²) in [5.74, 6) is 0.128. The fourth-order valence-corrected chi connectivity index (χ4v) is 3.04. The standard InChI is InChI=1S/C13H16N2O2S/c1-3-9-18(16,17)15-12-7-6-10(2)13-11(12)5-4-8-14-13/h4-8,15H,3,9H2,1-2H3. The molecule has 18 heavy (non-hydrogen) atoms. The molecule has 0 radical (unpaired) electrons. The Morgan fingerprint density at radius 1 is 1.28 bits per heavy atom. The number of benzene rings is 1. The minimum absolute atomic E-state index is 0.128. The largest absolute Gasteiger partial charge is 0.283 e. The maximum atomic E-state index is 11.8. The minimum atomic E-state index is -3.27. The minimum Gasteiger partial charge on any atom is -0.283 e. The van der Waals surface area contributed by atoms with Gasteiger partial charge in [-0.25, -0.2) is 8.42 Å². The van der Waals surface area contributed by atoms with Gasteiger partial charge in [0.1, 0.15) is 0 Å². The summed E-state index contributed by atoms with van der Waals surface area (Å²) in [6.45, 7) is 3.80. The molecule has 0 bridgehead atoms. The Morgan fingerprint density at radius 2 is 2.06 bits per heavy atom. The number of aromatic nitrogens is 1. The first-order valence-electron chi connectivity index (χ1n) is 5.88. The number of rotatable bonds is 4. The van der Waals surface area contributed by atoms with Gasteiger partial charge >= 0.3 is 0 Å². The van der Waals surface area contributed by atoms with E-state index < -0.39 is 10.0 Å². The predicted octanol–water partition coefficient (Wildman–Crippen LogP) is 2.69. The summed E-state index contributed by atoms with van der Waals surface area (Å²) in [6.07, 6.45) is 2.30. The summed E-state index contributed by atoms with van der Waals surface area (Å²) < 4.78 is 26.2. The lowest BCUT2D eigenvalue weighted by molar-refractivity contribution is 0.600. The summed E-state index contributed by atoms with van der Waals surface area (Å²) in [5.41, 5.74) is 2.45. The van der Waals surface area contributed by atoms with Gasteiger partial charge in [0.2, 0.25) is 10.0 Å². The van der Waals surface area contributed by atoms with Gasteiger partial charge in [0.15, 0.2) is 0 Å². The second kappa shape index (κ2) is 4.94. The lowest BCUT2D eigenvalue weighted by Gasteiger charge is -2.10. The number of anilines is 1. The SMILES string of the molecule is CCCS(=O)(=O)Nc1ccc(C)c2ncccc12. The highest BCUT2D eigenvalue weighted by Gasteiger charge is 2.11. The van der Waals surface area contributed by atoms with E-state index >= 15 is 0 Å². The quantitative estimate of drug-likeness (QED) is 0.923. The van der Waals surface area contributed by atoms with Gasteiger partial charge in [-0.2, -0.15) is 0 Å². The maximum absolute atomic E-state index is 11.8. The van der Waals surface area contributed by atoms with E-state index in [2.05, 4.69) is 9.71 Å². The molecule has 0 aliphatic rings. The first-order chi connectivity index (χ1) is 8.53. The van der Waals surface area contributed by atoms with Crippen molar-refractivity contribution in [3.63, 3.8) is 0 Å². The number of fused-ring (bicyclic) bond motifs is 1. The fraction of sp³-hybridized carbons (Fsp3) is 0.308. The van der Waals surface area contributed by atoms with Crippen molar-refractivity contribution in [1.29, 1.82) is 0 Å². The molecule has 1 N–H and O–H groups in total.